The third-order valence-corrected chi connectivity index (χ3v) is 2.51. The highest BCUT2D eigenvalue weighted by molar-refractivity contribution is 6.32. The van der Waals surface area contributed by atoms with Gasteiger partial charge in [-0.15, -0.1) is 0 Å². The maximum absolute atomic E-state index is 9.25. The normalized spacial score (nSPS) is 12.1. The van der Waals surface area contributed by atoms with Crippen molar-refractivity contribution in [2.45, 2.75) is 6.10 Å². The van der Waals surface area contributed by atoms with Gasteiger partial charge in [-0.2, -0.15) is 0 Å². The minimum atomic E-state index is -0.832. The predicted octanol–water partition coefficient (Wildman–Crippen LogP) is 1.12. The molecule has 17 heavy (non-hydrogen) atoms. The molecule has 6 heteroatoms. The van der Waals surface area contributed by atoms with Crippen molar-refractivity contribution in [1.82, 2.24) is 0 Å². The molecule has 0 aliphatic rings. The summed E-state index contributed by atoms with van der Waals surface area (Å²) in [7, 11) is 3.03. The van der Waals surface area contributed by atoms with Crippen molar-refractivity contribution in [2.75, 3.05) is 32.7 Å². The highest BCUT2D eigenvalue weighted by Crippen LogP contribution is 2.35. The fourth-order valence-electron chi connectivity index (χ4n) is 1.29. The molecular formula is C11H16ClNO4. The van der Waals surface area contributed by atoms with Crippen LogP contribution < -0.4 is 14.8 Å². The molecule has 0 saturated heterocycles. The Labute approximate surface area is 105 Å². The number of hydrogen-bond donors (Lipinski definition) is 3. The van der Waals surface area contributed by atoms with Gasteiger partial charge in [0.2, 0.25) is 0 Å². The van der Waals surface area contributed by atoms with Crippen LogP contribution >= 0.6 is 11.6 Å². The van der Waals surface area contributed by atoms with E-state index in [1.165, 1.54) is 14.2 Å². The van der Waals surface area contributed by atoms with Crippen LogP contribution in [0.4, 0.5) is 5.69 Å². The van der Waals surface area contributed by atoms with Gasteiger partial charge in [0.1, 0.15) is 11.5 Å². The third kappa shape index (κ3) is 3.66. The van der Waals surface area contributed by atoms with E-state index in [0.29, 0.717) is 22.2 Å². The second kappa shape index (κ2) is 6.54. The molecule has 0 amide bonds. The zero-order valence-corrected chi connectivity index (χ0v) is 10.5. The van der Waals surface area contributed by atoms with E-state index < -0.39 is 6.10 Å². The lowest BCUT2D eigenvalue weighted by molar-refractivity contribution is 0.105. The number of anilines is 1. The lowest BCUT2D eigenvalue weighted by atomic mass is 10.2. The van der Waals surface area contributed by atoms with E-state index in [2.05, 4.69) is 5.32 Å². The molecule has 0 aromatic heterocycles. The predicted molar refractivity (Wildman–Crippen MR) is 66.1 cm³/mol. The largest absolute Gasteiger partial charge is 0.495 e. The van der Waals surface area contributed by atoms with Crippen molar-refractivity contribution in [1.29, 1.82) is 0 Å². The van der Waals surface area contributed by atoms with Gasteiger partial charge in [0.25, 0.3) is 0 Å². The van der Waals surface area contributed by atoms with Gasteiger partial charge in [0.15, 0.2) is 0 Å². The van der Waals surface area contributed by atoms with Gasteiger partial charge < -0.3 is 25.0 Å². The number of hydrogen-bond acceptors (Lipinski definition) is 5. The van der Waals surface area contributed by atoms with Crippen molar-refractivity contribution in [3.05, 3.63) is 17.2 Å². The van der Waals surface area contributed by atoms with Gasteiger partial charge in [-0.05, 0) is 0 Å². The Balaban J connectivity index is 2.88. The monoisotopic (exact) mass is 261 g/mol. The SMILES string of the molecule is COc1cc(NC[C@@H](O)CO)c(OC)cc1Cl. The van der Waals surface area contributed by atoms with Crippen LogP contribution in [-0.4, -0.2) is 43.7 Å². The number of benzene rings is 1. The van der Waals surface area contributed by atoms with Crippen molar-refractivity contribution in [3.8, 4) is 11.5 Å². The molecule has 0 aliphatic heterocycles. The van der Waals surface area contributed by atoms with E-state index in [0.717, 1.165) is 0 Å². The number of ether oxygens (including phenoxy) is 2. The Hall–Kier alpha value is -1.17. The highest BCUT2D eigenvalue weighted by atomic mass is 35.5. The van der Waals surface area contributed by atoms with E-state index >= 15 is 0 Å². The first-order chi connectivity index (χ1) is 8.12. The first-order valence-corrected chi connectivity index (χ1v) is 5.44. The maximum Gasteiger partial charge on any atom is 0.143 e. The Morgan fingerprint density at radius 2 is 1.94 bits per heavy atom. The Kier molecular flexibility index (Phi) is 5.34. The van der Waals surface area contributed by atoms with Gasteiger partial charge in [-0.1, -0.05) is 11.6 Å². The number of methoxy groups -OCH3 is 2. The molecule has 0 heterocycles. The second-order valence-electron chi connectivity index (χ2n) is 3.40. The zero-order chi connectivity index (χ0) is 12.8. The number of nitrogens with one attached hydrogen (secondary N) is 1. The Morgan fingerprint density at radius 3 is 2.47 bits per heavy atom. The van der Waals surface area contributed by atoms with E-state index in [1.807, 2.05) is 0 Å². The third-order valence-electron chi connectivity index (χ3n) is 2.21. The minimum absolute atomic E-state index is 0.206. The molecule has 0 spiro atoms. The summed E-state index contributed by atoms with van der Waals surface area (Å²) < 4.78 is 10.2. The van der Waals surface area contributed by atoms with Gasteiger partial charge in [0, 0.05) is 18.7 Å². The van der Waals surface area contributed by atoms with Crippen LogP contribution in [-0.2, 0) is 0 Å². The summed E-state index contributed by atoms with van der Waals surface area (Å²) >= 11 is 5.95. The summed E-state index contributed by atoms with van der Waals surface area (Å²) in [5.74, 6) is 1.05. The van der Waals surface area contributed by atoms with Crippen molar-refractivity contribution >= 4 is 17.3 Å². The van der Waals surface area contributed by atoms with Crippen LogP contribution in [0.15, 0.2) is 12.1 Å². The molecule has 0 unspecified atom stereocenters. The first kappa shape index (κ1) is 13.9. The van der Waals surface area contributed by atoms with Crippen molar-refractivity contribution in [3.63, 3.8) is 0 Å². The van der Waals surface area contributed by atoms with Crippen LogP contribution in [0.5, 0.6) is 11.5 Å². The second-order valence-corrected chi connectivity index (χ2v) is 3.81. The van der Waals surface area contributed by atoms with E-state index in [-0.39, 0.29) is 13.2 Å². The fraction of sp³-hybridized carbons (Fsp3) is 0.455. The van der Waals surface area contributed by atoms with Crippen LogP contribution in [0.3, 0.4) is 0 Å². The van der Waals surface area contributed by atoms with E-state index in [1.54, 1.807) is 12.1 Å². The van der Waals surface area contributed by atoms with Crippen molar-refractivity contribution in [2.24, 2.45) is 0 Å². The zero-order valence-electron chi connectivity index (χ0n) is 9.74. The average molecular weight is 262 g/mol. The first-order valence-electron chi connectivity index (χ1n) is 5.06. The topological polar surface area (TPSA) is 71.0 Å². The molecule has 5 nitrogen and oxygen atoms in total. The molecule has 0 saturated carbocycles. The van der Waals surface area contributed by atoms with Crippen LogP contribution in [0.1, 0.15) is 0 Å². The average Bonchev–Trinajstić information content (AvgIpc) is 2.36. The Bertz CT molecular complexity index is 373. The molecule has 1 rings (SSSR count). The lowest BCUT2D eigenvalue weighted by Gasteiger charge is -2.15. The van der Waals surface area contributed by atoms with Crippen LogP contribution in [0, 0.1) is 0 Å². The van der Waals surface area contributed by atoms with Gasteiger partial charge in [-0.25, -0.2) is 0 Å². The molecular weight excluding hydrogens is 246 g/mol. The lowest BCUT2D eigenvalue weighted by Crippen LogP contribution is -2.23. The minimum Gasteiger partial charge on any atom is -0.495 e. The summed E-state index contributed by atoms with van der Waals surface area (Å²) in [5.41, 5.74) is 0.640. The molecule has 0 aliphatic carbocycles. The number of rotatable bonds is 6. The number of aliphatic hydroxyl groups is 2. The summed E-state index contributed by atoms with van der Waals surface area (Å²) in [6, 6.07) is 3.29. The summed E-state index contributed by atoms with van der Waals surface area (Å²) in [6.07, 6.45) is -0.832. The van der Waals surface area contributed by atoms with Crippen LogP contribution in [0.2, 0.25) is 5.02 Å². The molecule has 3 N–H and O–H groups in total. The van der Waals surface area contributed by atoms with Crippen LogP contribution in [0.25, 0.3) is 0 Å². The van der Waals surface area contributed by atoms with Gasteiger partial charge >= 0.3 is 0 Å². The molecule has 1 aromatic carbocycles. The quantitative estimate of drug-likeness (QED) is 0.716. The molecule has 96 valence electrons. The molecule has 0 fully saturated rings. The fourth-order valence-corrected chi connectivity index (χ4v) is 1.52. The number of halogens is 1. The Morgan fingerprint density at radius 1 is 1.29 bits per heavy atom. The standard InChI is InChI=1S/C11H16ClNO4/c1-16-10-4-9(13-5-7(15)6-14)11(17-2)3-8(10)12/h3-4,7,13-15H,5-6H2,1-2H3/t7-/m1/s1. The summed E-state index contributed by atoms with van der Waals surface area (Å²) in [4.78, 5) is 0. The molecule has 1 atom stereocenters. The number of aliphatic hydroxyl groups excluding tert-OH is 2. The van der Waals surface area contributed by atoms with E-state index in [4.69, 9.17) is 26.2 Å². The van der Waals surface area contributed by atoms with Crippen molar-refractivity contribution < 1.29 is 19.7 Å². The van der Waals surface area contributed by atoms with E-state index in [9.17, 15) is 5.11 Å². The van der Waals surface area contributed by atoms with Gasteiger partial charge in [0.05, 0.1) is 37.6 Å². The molecule has 0 radical (unpaired) electrons. The summed E-state index contributed by atoms with van der Waals surface area (Å²) in [6.45, 7) is -0.0995. The summed E-state index contributed by atoms with van der Waals surface area (Å²) in [5, 5.41) is 21.4. The molecule has 0 bridgehead atoms. The van der Waals surface area contributed by atoms with Gasteiger partial charge in [-0.3, -0.25) is 0 Å². The highest BCUT2D eigenvalue weighted by Gasteiger charge is 2.10. The smallest absolute Gasteiger partial charge is 0.143 e. The maximum atomic E-state index is 9.25. The molecule has 1 aromatic rings.